The summed E-state index contributed by atoms with van der Waals surface area (Å²) in [5.74, 6) is 0.995. The van der Waals surface area contributed by atoms with Crippen LogP contribution in [0.1, 0.15) is 18.8 Å². The number of nitrogens with two attached hydrogens (primary N) is 1. The van der Waals surface area contributed by atoms with Gasteiger partial charge in [-0.15, -0.1) is 0 Å². The van der Waals surface area contributed by atoms with E-state index in [0.29, 0.717) is 19.6 Å². The number of nitrogens with zero attached hydrogens (tertiary/aromatic N) is 3. The van der Waals surface area contributed by atoms with Gasteiger partial charge in [0.15, 0.2) is 0 Å². The molecule has 1 atom stereocenters. The van der Waals surface area contributed by atoms with Crippen molar-refractivity contribution >= 4 is 11.0 Å². The topological polar surface area (TPSA) is 67.3 Å². The fraction of sp³-hybridized carbons (Fsp3) is 0.500. The van der Waals surface area contributed by atoms with Crippen LogP contribution >= 0.6 is 0 Å². The van der Waals surface area contributed by atoms with Crippen LogP contribution in [-0.2, 0) is 6.54 Å². The summed E-state index contributed by atoms with van der Waals surface area (Å²) in [5, 5.41) is 8.99. The molecule has 2 aromatic rings. The van der Waals surface area contributed by atoms with Gasteiger partial charge in [-0.05, 0) is 26.1 Å². The van der Waals surface area contributed by atoms with Gasteiger partial charge in [0.05, 0.1) is 24.2 Å². The lowest BCUT2D eigenvalue weighted by molar-refractivity contribution is 0.212. The molecule has 0 bridgehead atoms. The lowest BCUT2D eigenvalue weighted by Crippen LogP contribution is -2.25. The van der Waals surface area contributed by atoms with Gasteiger partial charge in [0.2, 0.25) is 0 Å². The number of aliphatic hydroxyl groups excluding tert-OH is 1. The summed E-state index contributed by atoms with van der Waals surface area (Å²) >= 11 is 0. The molecule has 1 unspecified atom stereocenters. The maximum atomic E-state index is 8.99. The molecule has 1 heterocycles. The van der Waals surface area contributed by atoms with Crippen LogP contribution in [0.25, 0.3) is 11.0 Å². The first-order chi connectivity index (χ1) is 9.17. The molecule has 0 spiro atoms. The Morgan fingerprint density at radius 2 is 2.16 bits per heavy atom. The minimum atomic E-state index is 0.156. The number of para-hydroxylation sites is 2. The Balaban J connectivity index is 2.41. The minimum absolute atomic E-state index is 0.156. The Kier molecular flexibility index (Phi) is 4.52. The van der Waals surface area contributed by atoms with Crippen LogP contribution in [0.5, 0.6) is 0 Å². The Morgan fingerprint density at radius 1 is 1.42 bits per heavy atom. The first-order valence-corrected chi connectivity index (χ1v) is 6.62. The van der Waals surface area contributed by atoms with E-state index in [9.17, 15) is 0 Å². The third-order valence-corrected chi connectivity index (χ3v) is 3.34. The van der Waals surface area contributed by atoms with Crippen LogP contribution in [0.4, 0.5) is 0 Å². The number of hydrogen-bond acceptors (Lipinski definition) is 4. The summed E-state index contributed by atoms with van der Waals surface area (Å²) in [6.07, 6.45) is 0. The summed E-state index contributed by atoms with van der Waals surface area (Å²) in [5.41, 5.74) is 7.92. The van der Waals surface area contributed by atoms with E-state index in [1.54, 1.807) is 0 Å². The highest BCUT2D eigenvalue weighted by molar-refractivity contribution is 5.76. The second kappa shape index (κ2) is 6.14. The number of hydrogen-bond donors (Lipinski definition) is 2. The van der Waals surface area contributed by atoms with Crippen molar-refractivity contribution in [3.8, 4) is 0 Å². The summed E-state index contributed by atoms with van der Waals surface area (Å²) in [6.45, 7) is 4.18. The number of aliphatic hydroxyl groups is 1. The SMILES string of the molecule is CC(CN)n1c(CN(C)CCO)nc2ccccc21. The molecule has 0 aliphatic rings. The van der Waals surface area contributed by atoms with Gasteiger partial charge < -0.3 is 15.4 Å². The second-order valence-corrected chi connectivity index (χ2v) is 4.93. The largest absolute Gasteiger partial charge is 0.395 e. The molecule has 1 aromatic carbocycles. The fourth-order valence-corrected chi connectivity index (χ4v) is 2.29. The van der Waals surface area contributed by atoms with Crippen molar-refractivity contribution in [3.63, 3.8) is 0 Å². The van der Waals surface area contributed by atoms with E-state index in [1.807, 2.05) is 25.2 Å². The van der Waals surface area contributed by atoms with Crippen molar-refractivity contribution in [3.05, 3.63) is 30.1 Å². The van der Waals surface area contributed by atoms with Gasteiger partial charge in [-0.3, -0.25) is 4.90 Å². The predicted octanol–water partition coefficient (Wildman–Crippen LogP) is 0.980. The van der Waals surface area contributed by atoms with Crippen LogP contribution in [0.3, 0.4) is 0 Å². The molecule has 19 heavy (non-hydrogen) atoms. The molecular weight excluding hydrogens is 240 g/mol. The molecule has 5 nitrogen and oxygen atoms in total. The van der Waals surface area contributed by atoms with E-state index < -0.39 is 0 Å². The van der Waals surface area contributed by atoms with E-state index >= 15 is 0 Å². The Labute approximate surface area is 113 Å². The quantitative estimate of drug-likeness (QED) is 0.814. The molecule has 0 fully saturated rings. The first-order valence-electron chi connectivity index (χ1n) is 6.62. The van der Waals surface area contributed by atoms with Crippen molar-refractivity contribution in [1.82, 2.24) is 14.5 Å². The number of aromatic nitrogens is 2. The normalized spacial score (nSPS) is 13.3. The first kappa shape index (κ1) is 14.0. The van der Waals surface area contributed by atoms with E-state index in [-0.39, 0.29) is 12.6 Å². The van der Waals surface area contributed by atoms with Crippen molar-refractivity contribution in [2.45, 2.75) is 19.5 Å². The third-order valence-electron chi connectivity index (χ3n) is 3.34. The highest BCUT2D eigenvalue weighted by atomic mass is 16.3. The maximum absolute atomic E-state index is 8.99. The molecule has 5 heteroatoms. The van der Waals surface area contributed by atoms with E-state index in [0.717, 1.165) is 16.9 Å². The lowest BCUT2D eigenvalue weighted by Gasteiger charge is -2.19. The lowest BCUT2D eigenvalue weighted by atomic mass is 10.2. The van der Waals surface area contributed by atoms with Crippen LogP contribution in [0.15, 0.2) is 24.3 Å². The van der Waals surface area contributed by atoms with Crippen molar-refractivity contribution in [2.24, 2.45) is 5.73 Å². The molecule has 0 saturated heterocycles. The molecule has 0 aliphatic heterocycles. The van der Waals surface area contributed by atoms with Crippen LogP contribution in [-0.4, -0.2) is 46.3 Å². The zero-order valence-electron chi connectivity index (χ0n) is 11.6. The average Bonchev–Trinajstić information content (AvgIpc) is 2.75. The van der Waals surface area contributed by atoms with E-state index in [1.165, 1.54) is 0 Å². The van der Waals surface area contributed by atoms with Gasteiger partial charge in [-0.25, -0.2) is 4.98 Å². The Morgan fingerprint density at radius 3 is 2.84 bits per heavy atom. The Bertz CT molecular complexity index is 537. The molecule has 1 aromatic heterocycles. The van der Waals surface area contributed by atoms with Gasteiger partial charge >= 0.3 is 0 Å². The van der Waals surface area contributed by atoms with Gasteiger partial charge in [0.25, 0.3) is 0 Å². The zero-order valence-corrected chi connectivity index (χ0v) is 11.6. The minimum Gasteiger partial charge on any atom is -0.395 e. The number of likely N-dealkylation sites (N-methyl/N-ethyl adjacent to an activating group) is 1. The van der Waals surface area contributed by atoms with E-state index in [4.69, 9.17) is 10.8 Å². The predicted molar refractivity (Wildman–Crippen MR) is 76.9 cm³/mol. The van der Waals surface area contributed by atoms with Crippen molar-refractivity contribution < 1.29 is 5.11 Å². The van der Waals surface area contributed by atoms with Gasteiger partial charge in [-0.2, -0.15) is 0 Å². The van der Waals surface area contributed by atoms with E-state index in [2.05, 4.69) is 27.4 Å². The van der Waals surface area contributed by atoms with Crippen LogP contribution in [0, 0.1) is 0 Å². The summed E-state index contributed by atoms with van der Waals surface area (Å²) < 4.78 is 2.20. The number of imidazole rings is 1. The molecule has 0 radical (unpaired) electrons. The molecule has 0 saturated carbocycles. The second-order valence-electron chi connectivity index (χ2n) is 4.93. The van der Waals surface area contributed by atoms with Gasteiger partial charge in [0.1, 0.15) is 5.82 Å². The average molecular weight is 262 g/mol. The van der Waals surface area contributed by atoms with Gasteiger partial charge in [0, 0.05) is 19.1 Å². The highest BCUT2D eigenvalue weighted by Crippen LogP contribution is 2.21. The summed E-state index contributed by atoms with van der Waals surface area (Å²) in [4.78, 5) is 6.74. The number of rotatable bonds is 6. The standard InChI is InChI=1S/C14H22N4O/c1-11(9-15)18-13-6-4-3-5-12(13)16-14(18)10-17(2)7-8-19/h3-6,11,19H,7-10,15H2,1-2H3. The van der Waals surface area contributed by atoms with Gasteiger partial charge in [-0.1, -0.05) is 12.1 Å². The van der Waals surface area contributed by atoms with Crippen LogP contribution in [0.2, 0.25) is 0 Å². The highest BCUT2D eigenvalue weighted by Gasteiger charge is 2.15. The molecule has 3 N–H and O–H groups in total. The number of benzene rings is 1. The zero-order chi connectivity index (χ0) is 13.8. The maximum Gasteiger partial charge on any atom is 0.124 e. The fourth-order valence-electron chi connectivity index (χ4n) is 2.29. The molecular formula is C14H22N4O. The van der Waals surface area contributed by atoms with Crippen molar-refractivity contribution in [1.29, 1.82) is 0 Å². The molecule has 0 amide bonds. The Hall–Kier alpha value is -1.43. The monoisotopic (exact) mass is 262 g/mol. The number of fused-ring (bicyclic) bond motifs is 1. The summed E-state index contributed by atoms with van der Waals surface area (Å²) in [7, 11) is 1.98. The molecule has 0 aliphatic carbocycles. The third kappa shape index (κ3) is 2.94. The van der Waals surface area contributed by atoms with Crippen LogP contribution < -0.4 is 5.73 Å². The van der Waals surface area contributed by atoms with Crippen molar-refractivity contribution in [2.75, 3.05) is 26.7 Å². The molecule has 104 valence electrons. The smallest absolute Gasteiger partial charge is 0.124 e. The summed E-state index contributed by atoms with van der Waals surface area (Å²) in [6, 6.07) is 8.32. The molecule has 2 rings (SSSR count).